The van der Waals surface area contributed by atoms with E-state index in [2.05, 4.69) is 34.0 Å². The summed E-state index contributed by atoms with van der Waals surface area (Å²) in [5.41, 5.74) is 0. The van der Waals surface area contributed by atoms with Crippen molar-refractivity contribution >= 4 is 35.8 Å². The minimum atomic E-state index is 0. The number of likely N-dealkylation sites (tertiary alicyclic amines) is 1. The Morgan fingerprint density at radius 2 is 2.11 bits per heavy atom. The summed E-state index contributed by atoms with van der Waals surface area (Å²) in [5.74, 6) is 1.78. The predicted molar refractivity (Wildman–Crippen MR) is 120 cm³/mol. The van der Waals surface area contributed by atoms with E-state index in [1.165, 1.54) is 0 Å². The van der Waals surface area contributed by atoms with E-state index in [0.29, 0.717) is 6.04 Å². The maximum atomic E-state index is 11.9. The van der Waals surface area contributed by atoms with Crippen LogP contribution in [0.2, 0.25) is 0 Å². The molecule has 0 aliphatic carbocycles. The third kappa shape index (κ3) is 7.33. The van der Waals surface area contributed by atoms with Crippen molar-refractivity contribution in [1.82, 2.24) is 20.0 Å². The number of rotatable bonds is 8. The van der Waals surface area contributed by atoms with Crippen LogP contribution in [0.3, 0.4) is 0 Å². The summed E-state index contributed by atoms with van der Waals surface area (Å²) >= 11 is 0. The van der Waals surface area contributed by atoms with Gasteiger partial charge in [0, 0.05) is 46.2 Å². The van der Waals surface area contributed by atoms with Crippen LogP contribution in [-0.4, -0.2) is 86.0 Å². The second kappa shape index (κ2) is 12.2. The first kappa shape index (κ1) is 23.7. The molecule has 154 valence electrons. The van der Waals surface area contributed by atoms with E-state index in [1.807, 2.05) is 12.1 Å². The number of amides is 1. The average molecular weight is 491 g/mol. The minimum Gasteiger partial charge on any atom is -0.469 e. The van der Waals surface area contributed by atoms with Crippen molar-refractivity contribution in [2.75, 3.05) is 53.4 Å². The molecule has 1 fully saturated rings. The highest BCUT2D eigenvalue weighted by Gasteiger charge is 2.28. The normalized spacial score (nSPS) is 17.1. The molecular weight excluding hydrogens is 457 g/mol. The minimum absolute atomic E-state index is 0. The Kier molecular flexibility index (Phi) is 10.8. The highest BCUT2D eigenvalue weighted by Crippen LogP contribution is 2.15. The summed E-state index contributed by atoms with van der Waals surface area (Å²) in [6.45, 7) is 9.35. The molecule has 0 saturated carbocycles. The van der Waals surface area contributed by atoms with Gasteiger partial charge < -0.3 is 19.5 Å². The van der Waals surface area contributed by atoms with Gasteiger partial charge in [0.05, 0.1) is 6.26 Å². The monoisotopic (exact) mass is 491 g/mol. The third-order valence-electron chi connectivity index (χ3n) is 4.89. The van der Waals surface area contributed by atoms with Crippen molar-refractivity contribution in [3.05, 3.63) is 24.2 Å². The maximum absolute atomic E-state index is 11.9. The lowest BCUT2D eigenvalue weighted by Gasteiger charge is -2.27. The highest BCUT2D eigenvalue weighted by molar-refractivity contribution is 14.0. The molecule has 0 spiro atoms. The van der Waals surface area contributed by atoms with E-state index in [1.54, 1.807) is 25.3 Å². The first-order chi connectivity index (χ1) is 12.5. The van der Waals surface area contributed by atoms with Crippen molar-refractivity contribution in [2.45, 2.75) is 32.7 Å². The van der Waals surface area contributed by atoms with Crippen molar-refractivity contribution in [2.24, 2.45) is 4.99 Å². The number of hydrogen-bond acceptors (Lipinski definition) is 4. The fraction of sp³-hybridized carbons (Fsp3) is 0.684. The molecule has 1 saturated heterocycles. The van der Waals surface area contributed by atoms with E-state index in [4.69, 9.17) is 4.42 Å². The number of carbonyl (C=O) groups is 1. The molecular formula is C19H34IN5O2. The zero-order valence-electron chi connectivity index (χ0n) is 17.0. The topological polar surface area (TPSA) is 64.3 Å². The van der Waals surface area contributed by atoms with Gasteiger partial charge in [-0.15, -0.1) is 24.0 Å². The summed E-state index contributed by atoms with van der Waals surface area (Å²) in [6.07, 6.45) is 3.61. The molecule has 27 heavy (non-hydrogen) atoms. The van der Waals surface area contributed by atoms with Crippen LogP contribution in [0, 0.1) is 0 Å². The average Bonchev–Trinajstić information content (AvgIpc) is 3.30. The molecule has 0 bridgehead atoms. The lowest BCUT2D eigenvalue weighted by molar-refractivity contribution is -0.127. The van der Waals surface area contributed by atoms with Gasteiger partial charge in [0.1, 0.15) is 12.3 Å². The van der Waals surface area contributed by atoms with E-state index in [0.717, 1.165) is 57.3 Å². The van der Waals surface area contributed by atoms with Gasteiger partial charge >= 0.3 is 0 Å². The molecule has 1 N–H and O–H groups in total. The van der Waals surface area contributed by atoms with Gasteiger partial charge in [-0.1, -0.05) is 13.8 Å². The van der Waals surface area contributed by atoms with Crippen molar-refractivity contribution < 1.29 is 9.21 Å². The molecule has 2 heterocycles. The van der Waals surface area contributed by atoms with Crippen LogP contribution >= 0.6 is 24.0 Å². The second-order valence-electron chi connectivity index (χ2n) is 6.79. The molecule has 1 amide bonds. The number of guanidine groups is 1. The maximum Gasteiger partial charge on any atom is 0.243 e. The van der Waals surface area contributed by atoms with Gasteiger partial charge in [0.2, 0.25) is 5.91 Å². The lowest BCUT2D eigenvalue weighted by Crippen LogP contribution is -2.44. The number of furan rings is 1. The first-order valence-corrected chi connectivity index (χ1v) is 9.55. The summed E-state index contributed by atoms with van der Waals surface area (Å²) < 4.78 is 5.39. The Labute approximate surface area is 180 Å². The molecule has 1 aliphatic rings. The SMILES string of the molecule is CCN(CC)C1CCN(C(=NCC(=O)N(C)C)NCCc2ccco2)C1.I. The standard InChI is InChI=1S/C19H33N5O2.HI/c1-5-23(6-2)16-10-12-24(15-16)19(21-14-18(25)22(3)4)20-11-9-17-8-7-13-26-17;/h7-8,13,16H,5-6,9-12,14-15H2,1-4H3,(H,20,21);1H. The van der Waals surface area contributed by atoms with Crippen LogP contribution in [0.1, 0.15) is 26.0 Å². The van der Waals surface area contributed by atoms with Crippen LogP contribution in [0.4, 0.5) is 0 Å². The number of nitrogens with zero attached hydrogens (tertiary/aromatic N) is 4. The highest BCUT2D eigenvalue weighted by atomic mass is 127. The molecule has 1 aliphatic heterocycles. The van der Waals surface area contributed by atoms with Gasteiger partial charge in [-0.05, 0) is 31.6 Å². The Morgan fingerprint density at radius 1 is 1.37 bits per heavy atom. The van der Waals surface area contributed by atoms with Gasteiger partial charge in [0.15, 0.2) is 5.96 Å². The molecule has 1 atom stereocenters. The number of carbonyl (C=O) groups excluding carboxylic acids is 1. The Balaban J connectivity index is 0.00000364. The molecule has 1 unspecified atom stereocenters. The molecule has 0 aromatic carbocycles. The lowest BCUT2D eigenvalue weighted by atomic mass is 10.2. The van der Waals surface area contributed by atoms with Crippen LogP contribution in [-0.2, 0) is 11.2 Å². The van der Waals surface area contributed by atoms with Crippen LogP contribution in [0.25, 0.3) is 0 Å². The van der Waals surface area contributed by atoms with Gasteiger partial charge in [-0.25, -0.2) is 4.99 Å². The summed E-state index contributed by atoms with van der Waals surface area (Å²) in [6, 6.07) is 4.42. The quantitative estimate of drug-likeness (QED) is 0.342. The molecule has 1 aromatic heterocycles. The number of likely N-dealkylation sites (N-methyl/N-ethyl adjacent to an activating group) is 2. The fourth-order valence-corrected chi connectivity index (χ4v) is 3.28. The predicted octanol–water partition coefficient (Wildman–Crippen LogP) is 1.89. The van der Waals surface area contributed by atoms with Crippen LogP contribution < -0.4 is 5.32 Å². The molecule has 2 rings (SSSR count). The first-order valence-electron chi connectivity index (χ1n) is 9.55. The number of aliphatic imine (C=N–C) groups is 1. The molecule has 1 aromatic rings. The zero-order valence-corrected chi connectivity index (χ0v) is 19.3. The molecule has 0 radical (unpaired) electrons. The number of nitrogens with one attached hydrogen (secondary N) is 1. The van der Waals surface area contributed by atoms with E-state index in [-0.39, 0.29) is 36.4 Å². The second-order valence-corrected chi connectivity index (χ2v) is 6.79. The zero-order chi connectivity index (χ0) is 18.9. The van der Waals surface area contributed by atoms with E-state index in [9.17, 15) is 4.79 Å². The summed E-state index contributed by atoms with van der Waals surface area (Å²) in [5, 5.41) is 3.42. The molecule has 8 heteroatoms. The largest absolute Gasteiger partial charge is 0.469 e. The summed E-state index contributed by atoms with van der Waals surface area (Å²) in [4.78, 5) is 22.9. The summed E-state index contributed by atoms with van der Waals surface area (Å²) in [7, 11) is 3.52. The smallest absolute Gasteiger partial charge is 0.243 e. The van der Waals surface area contributed by atoms with Crippen molar-refractivity contribution in [3.63, 3.8) is 0 Å². The third-order valence-corrected chi connectivity index (χ3v) is 4.89. The fourth-order valence-electron chi connectivity index (χ4n) is 3.28. The van der Waals surface area contributed by atoms with Crippen LogP contribution in [0.5, 0.6) is 0 Å². The van der Waals surface area contributed by atoms with Crippen LogP contribution in [0.15, 0.2) is 27.8 Å². The van der Waals surface area contributed by atoms with Gasteiger partial charge in [-0.3, -0.25) is 9.69 Å². The Hall–Kier alpha value is -1.29. The van der Waals surface area contributed by atoms with Crippen molar-refractivity contribution in [1.29, 1.82) is 0 Å². The van der Waals surface area contributed by atoms with Crippen molar-refractivity contribution in [3.8, 4) is 0 Å². The van der Waals surface area contributed by atoms with Gasteiger partial charge in [-0.2, -0.15) is 0 Å². The Bertz CT molecular complexity index is 573. The number of hydrogen-bond donors (Lipinski definition) is 1. The Morgan fingerprint density at radius 3 is 2.70 bits per heavy atom. The van der Waals surface area contributed by atoms with E-state index >= 15 is 0 Å². The molecule has 7 nitrogen and oxygen atoms in total. The number of halogens is 1. The van der Waals surface area contributed by atoms with E-state index < -0.39 is 0 Å². The van der Waals surface area contributed by atoms with Gasteiger partial charge in [0.25, 0.3) is 0 Å².